The number of nitrogens with one attached hydrogen (secondary N) is 1. The number of para-hydroxylation sites is 1. The smallest absolute Gasteiger partial charge is 0.174 e. The standard InChI is InChI=1S/C23H18N4/c1-3-11-19(12-4-1)23-24-26(20-14-5-2-6-15-20)27(25-23)22-17-9-13-18-10-7-8-16-21(18)22/h1-17,27H. The minimum absolute atomic E-state index is 0.724. The molecule has 0 spiro atoms. The summed E-state index contributed by atoms with van der Waals surface area (Å²) in [6.45, 7) is 0. The third-order valence-electron chi connectivity index (χ3n) is 4.67. The van der Waals surface area contributed by atoms with Gasteiger partial charge in [-0.2, -0.15) is 10.2 Å². The number of rotatable bonds is 3. The van der Waals surface area contributed by atoms with Gasteiger partial charge in [-0.3, -0.25) is 0 Å². The van der Waals surface area contributed by atoms with Gasteiger partial charge in [0, 0.05) is 17.3 Å². The Bertz CT molecular complexity index is 1100. The molecular formula is C23H18N4. The lowest BCUT2D eigenvalue weighted by Gasteiger charge is -2.28. The molecule has 0 bridgehead atoms. The Morgan fingerprint density at radius 2 is 1.33 bits per heavy atom. The van der Waals surface area contributed by atoms with Crippen LogP contribution in [0.1, 0.15) is 5.56 Å². The van der Waals surface area contributed by atoms with Crippen LogP contribution in [0.15, 0.2) is 108 Å². The fraction of sp³-hybridized carbons (Fsp3) is 0. The second kappa shape index (κ2) is 6.59. The van der Waals surface area contributed by atoms with Gasteiger partial charge in [0.25, 0.3) is 0 Å². The maximum atomic E-state index is 4.93. The van der Waals surface area contributed by atoms with Crippen LogP contribution >= 0.6 is 0 Å². The highest BCUT2D eigenvalue weighted by Gasteiger charge is 2.25. The molecule has 27 heavy (non-hydrogen) atoms. The number of quaternary nitrogens is 1. The lowest BCUT2D eigenvalue weighted by molar-refractivity contribution is -0.791. The third-order valence-corrected chi connectivity index (χ3v) is 4.67. The van der Waals surface area contributed by atoms with Crippen LogP contribution < -0.4 is 10.2 Å². The predicted molar refractivity (Wildman–Crippen MR) is 110 cm³/mol. The second-order valence-electron chi connectivity index (χ2n) is 6.40. The highest BCUT2D eigenvalue weighted by molar-refractivity contribution is 6.08. The van der Waals surface area contributed by atoms with Crippen molar-refractivity contribution < 1.29 is 5.12 Å². The first-order chi connectivity index (χ1) is 13.4. The van der Waals surface area contributed by atoms with E-state index in [1.54, 1.807) is 0 Å². The van der Waals surface area contributed by atoms with Crippen molar-refractivity contribution in [3.63, 3.8) is 0 Å². The lowest BCUT2D eigenvalue weighted by atomic mass is 10.1. The van der Waals surface area contributed by atoms with Crippen molar-refractivity contribution in [3.05, 3.63) is 114 Å². The zero-order valence-corrected chi connectivity index (χ0v) is 14.7. The summed E-state index contributed by atoms with van der Waals surface area (Å²) in [5.41, 5.74) is 8.01. The molecule has 1 N–H and O–H groups in total. The van der Waals surface area contributed by atoms with Crippen molar-refractivity contribution >= 4 is 28.0 Å². The van der Waals surface area contributed by atoms with Crippen molar-refractivity contribution in [1.29, 1.82) is 0 Å². The summed E-state index contributed by atoms with van der Waals surface area (Å²) in [4.78, 5) is 0. The summed E-state index contributed by atoms with van der Waals surface area (Å²) in [6, 6.07) is 35.0. The molecule has 1 unspecified atom stereocenters. The minimum Gasteiger partial charge on any atom is -0.319 e. The zero-order chi connectivity index (χ0) is 18.1. The summed E-state index contributed by atoms with van der Waals surface area (Å²) in [7, 11) is 0. The molecule has 4 nitrogen and oxygen atoms in total. The van der Waals surface area contributed by atoms with Gasteiger partial charge in [-0.15, -0.1) is 0 Å². The number of amidine groups is 1. The van der Waals surface area contributed by atoms with Crippen molar-refractivity contribution in [2.24, 2.45) is 5.10 Å². The number of fused-ring (bicyclic) bond motifs is 1. The molecule has 130 valence electrons. The highest BCUT2D eigenvalue weighted by atomic mass is 15.9. The van der Waals surface area contributed by atoms with Gasteiger partial charge in [-0.05, 0) is 29.1 Å². The number of hydrogen-bond acceptors (Lipinski definition) is 2. The molecule has 1 atom stereocenters. The van der Waals surface area contributed by atoms with E-state index in [0.29, 0.717) is 0 Å². The van der Waals surface area contributed by atoms with E-state index in [-0.39, 0.29) is 0 Å². The van der Waals surface area contributed by atoms with Gasteiger partial charge in [0.05, 0.1) is 5.69 Å². The van der Waals surface area contributed by atoms with Gasteiger partial charge in [-0.1, -0.05) is 78.9 Å². The summed E-state index contributed by atoms with van der Waals surface area (Å²) in [5.74, 6) is 0.724. The second-order valence-corrected chi connectivity index (χ2v) is 6.40. The van der Waals surface area contributed by atoms with E-state index < -0.39 is 0 Å². The summed E-state index contributed by atoms with van der Waals surface area (Å²) >= 11 is 0. The van der Waals surface area contributed by atoms with Crippen LogP contribution in [-0.4, -0.2) is 5.84 Å². The quantitative estimate of drug-likeness (QED) is 0.582. The average molecular weight is 350 g/mol. The van der Waals surface area contributed by atoms with Crippen molar-refractivity contribution in [2.75, 3.05) is 5.12 Å². The van der Waals surface area contributed by atoms with E-state index in [9.17, 15) is 0 Å². The molecule has 5 rings (SSSR count). The molecule has 0 saturated heterocycles. The van der Waals surface area contributed by atoms with E-state index in [1.807, 2.05) is 53.6 Å². The lowest BCUT2D eigenvalue weighted by Crippen LogP contribution is -3.08. The Kier molecular flexibility index (Phi) is 3.81. The topological polar surface area (TPSA) is 34.1 Å². The van der Waals surface area contributed by atoms with Crippen molar-refractivity contribution in [1.82, 2.24) is 0 Å². The number of hydrazone groups is 1. The van der Waals surface area contributed by atoms with Crippen LogP contribution in [0.25, 0.3) is 16.2 Å². The molecule has 4 aromatic rings. The van der Waals surface area contributed by atoms with Crippen molar-refractivity contribution in [3.8, 4) is 0 Å². The van der Waals surface area contributed by atoms with Gasteiger partial charge in [0.1, 0.15) is 0 Å². The molecule has 0 aromatic heterocycles. The van der Waals surface area contributed by atoms with E-state index >= 15 is 0 Å². The van der Waals surface area contributed by atoms with E-state index in [4.69, 9.17) is 10.5 Å². The Labute approximate surface area is 157 Å². The van der Waals surface area contributed by atoms with Crippen LogP contribution in [0.2, 0.25) is 0 Å². The Morgan fingerprint density at radius 3 is 2.15 bits per heavy atom. The van der Waals surface area contributed by atoms with Crippen molar-refractivity contribution in [2.45, 2.75) is 0 Å². The Morgan fingerprint density at radius 1 is 0.667 bits per heavy atom. The largest absolute Gasteiger partial charge is 0.319 e. The first-order valence-corrected chi connectivity index (χ1v) is 8.96. The van der Waals surface area contributed by atoms with Gasteiger partial charge in [0.15, 0.2) is 5.69 Å². The van der Waals surface area contributed by atoms with Gasteiger partial charge in [-0.25, -0.2) is 5.43 Å². The number of hydrogen-bond donors (Lipinski definition) is 1. The van der Waals surface area contributed by atoms with Crippen LogP contribution in [0, 0.1) is 0 Å². The average Bonchev–Trinajstić information content (AvgIpc) is 3.20. The fourth-order valence-electron chi connectivity index (χ4n) is 3.37. The van der Waals surface area contributed by atoms with Crippen LogP contribution in [0.5, 0.6) is 0 Å². The first-order valence-electron chi connectivity index (χ1n) is 8.96. The SMILES string of the molecule is c1ccc(C2=NN(c3ccccc3)[NH+](c3cccc4ccccc34)[N-]2)cc1. The van der Waals surface area contributed by atoms with Crippen LogP contribution in [0.3, 0.4) is 0 Å². The van der Waals surface area contributed by atoms with E-state index in [2.05, 4.69) is 54.6 Å². The fourth-order valence-corrected chi connectivity index (χ4v) is 3.37. The molecule has 1 aliphatic rings. The normalized spacial score (nSPS) is 16.2. The molecular weight excluding hydrogens is 332 g/mol. The third kappa shape index (κ3) is 2.82. The Hall–Kier alpha value is -3.63. The highest BCUT2D eigenvalue weighted by Crippen LogP contribution is 2.24. The van der Waals surface area contributed by atoms with E-state index in [0.717, 1.165) is 27.9 Å². The first kappa shape index (κ1) is 15.6. The summed E-state index contributed by atoms with van der Waals surface area (Å²) < 4.78 is 0. The molecule has 4 aromatic carbocycles. The minimum atomic E-state index is 0.724. The maximum absolute atomic E-state index is 4.93. The van der Waals surface area contributed by atoms with Crippen LogP contribution in [0.4, 0.5) is 11.4 Å². The molecule has 0 radical (unpaired) electrons. The maximum Gasteiger partial charge on any atom is 0.174 e. The predicted octanol–water partition coefficient (Wildman–Crippen LogP) is 4.44. The molecule has 0 amide bonds. The number of nitrogens with zero attached hydrogens (tertiary/aromatic N) is 3. The molecule has 1 aliphatic heterocycles. The van der Waals surface area contributed by atoms with E-state index in [1.165, 1.54) is 10.8 Å². The van der Waals surface area contributed by atoms with Gasteiger partial charge < -0.3 is 5.10 Å². The molecule has 0 aliphatic carbocycles. The molecule has 0 saturated carbocycles. The zero-order valence-electron chi connectivity index (χ0n) is 14.7. The van der Waals surface area contributed by atoms with Crippen LogP contribution in [-0.2, 0) is 0 Å². The molecule has 4 heteroatoms. The van der Waals surface area contributed by atoms with Gasteiger partial charge >= 0.3 is 0 Å². The molecule has 1 heterocycles. The Balaban J connectivity index is 1.64. The summed E-state index contributed by atoms with van der Waals surface area (Å²) in [6.07, 6.45) is 0. The van der Waals surface area contributed by atoms with Gasteiger partial charge in [0.2, 0.25) is 0 Å². The summed E-state index contributed by atoms with van der Waals surface area (Å²) in [5, 5.41) is 9.98. The monoisotopic (exact) mass is 350 g/mol. The number of anilines is 1. The molecule has 0 fully saturated rings. The number of benzene rings is 4.